The molecule has 1 atom stereocenters. The van der Waals surface area contributed by atoms with E-state index in [1.807, 2.05) is 26.0 Å². The first-order valence-electron chi connectivity index (χ1n) is 7.09. The Kier molecular flexibility index (Phi) is 4.90. The first-order chi connectivity index (χ1) is 10.9. The Bertz CT molecular complexity index is 717. The van der Waals surface area contributed by atoms with Crippen LogP contribution in [-0.2, 0) is 0 Å². The third-order valence-corrected chi connectivity index (χ3v) is 3.39. The zero-order valence-electron chi connectivity index (χ0n) is 12.8. The van der Waals surface area contributed by atoms with Gasteiger partial charge in [0.2, 0.25) is 0 Å². The number of amides is 1. The van der Waals surface area contributed by atoms with E-state index in [0.717, 1.165) is 17.8 Å². The van der Waals surface area contributed by atoms with E-state index in [2.05, 4.69) is 10.3 Å². The molecule has 0 aliphatic heterocycles. The van der Waals surface area contributed by atoms with Crippen LogP contribution >= 0.6 is 0 Å². The molecular weight excluding hydrogens is 298 g/mol. The summed E-state index contributed by atoms with van der Waals surface area (Å²) in [5.74, 6) is -0.873. The summed E-state index contributed by atoms with van der Waals surface area (Å²) in [7, 11) is 0. The second kappa shape index (κ2) is 6.87. The highest BCUT2D eigenvalue weighted by molar-refractivity contribution is 5.95. The van der Waals surface area contributed by atoms with Crippen LogP contribution < -0.4 is 5.32 Å². The number of nitrogens with zero attached hydrogens (tertiary/aromatic N) is 2. The lowest BCUT2D eigenvalue weighted by atomic mass is 9.99. The lowest BCUT2D eigenvalue weighted by Gasteiger charge is -2.22. The van der Waals surface area contributed by atoms with Crippen molar-refractivity contribution in [1.29, 1.82) is 0 Å². The first kappa shape index (κ1) is 16.4. The number of nitro groups is 1. The average molecular weight is 315 g/mol. The fourth-order valence-electron chi connectivity index (χ4n) is 2.19. The van der Waals surface area contributed by atoms with Crippen LogP contribution in [0.2, 0.25) is 0 Å². The van der Waals surface area contributed by atoms with Gasteiger partial charge in [-0.2, -0.15) is 0 Å². The molecule has 0 aliphatic rings. The molecule has 0 aliphatic carbocycles. The molecule has 1 heterocycles. The number of aromatic nitrogens is 1. The summed E-state index contributed by atoms with van der Waals surface area (Å²) >= 11 is 0. The zero-order chi connectivity index (χ0) is 17.0. The minimum atomic E-state index is -0.707. The van der Waals surface area contributed by atoms with Crippen molar-refractivity contribution in [3.05, 3.63) is 64.0 Å². The van der Waals surface area contributed by atoms with Gasteiger partial charge in [-0.1, -0.05) is 19.9 Å². The Balaban J connectivity index is 2.23. The van der Waals surface area contributed by atoms with Gasteiger partial charge in [0.25, 0.3) is 5.91 Å². The summed E-state index contributed by atoms with van der Waals surface area (Å²) in [6, 6.07) is 8.64. The number of phenols is 1. The maximum Gasteiger partial charge on any atom is 0.310 e. The second-order valence-corrected chi connectivity index (χ2v) is 5.41. The predicted molar refractivity (Wildman–Crippen MR) is 84.0 cm³/mol. The third kappa shape index (κ3) is 3.82. The van der Waals surface area contributed by atoms with Gasteiger partial charge in [0.1, 0.15) is 0 Å². The number of hydrogen-bond donors (Lipinski definition) is 2. The highest BCUT2D eigenvalue weighted by atomic mass is 16.6. The lowest BCUT2D eigenvalue weighted by molar-refractivity contribution is -0.385. The molecule has 1 amide bonds. The summed E-state index contributed by atoms with van der Waals surface area (Å²) in [5.41, 5.74) is 0.434. The molecule has 0 saturated heterocycles. The Morgan fingerprint density at radius 1 is 1.30 bits per heavy atom. The van der Waals surface area contributed by atoms with Gasteiger partial charge in [0.05, 0.1) is 16.7 Å². The number of phenolic OH excluding ortho intramolecular Hbond substituents is 1. The van der Waals surface area contributed by atoms with Crippen molar-refractivity contribution in [2.24, 2.45) is 5.92 Å². The fourth-order valence-corrected chi connectivity index (χ4v) is 2.19. The quantitative estimate of drug-likeness (QED) is 0.652. The normalized spacial score (nSPS) is 12.0. The van der Waals surface area contributed by atoms with Crippen LogP contribution in [0, 0.1) is 16.0 Å². The van der Waals surface area contributed by atoms with Crippen LogP contribution in [0.4, 0.5) is 5.69 Å². The average Bonchev–Trinajstić information content (AvgIpc) is 2.52. The number of carbonyl (C=O) groups excluding carboxylic acids is 1. The number of rotatable bonds is 5. The Morgan fingerprint density at radius 3 is 2.57 bits per heavy atom. The molecule has 1 unspecified atom stereocenters. The van der Waals surface area contributed by atoms with Crippen LogP contribution in [0.3, 0.4) is 0 Å². The van der Waals surface area contributed by atoms with Gasteiger partial charge in [0, 0.05) is 17.8 Å². The number of nitrogens with one attached hydrogen (secondary N) is 1. The van der Waals surface area contributed by atoms with Crippen molar-refractivity contribution in [2.45, 2.75) is 19.9 Å². The van der Waals surface area contributed by atoms with E-state index in [-0.39, 0.29) is 17.5 Å². The highest BCUT2D eigenvalue weighted by Gasteiger charge is 2.22. The topological polar surface area (TPSA) is 105 Å². The smallest absolute Gasteiger partial charge is 0.310 e. The summed E-state index contributed by atoms with van der Waals surface area (Å²) in [6.45, 7) is 3.90. The summed E-state index contributed by atoms with van der Waals surface area (Å²) in [5, 5.41) is 23.2. The molecule has 2 aromatic rings. The maximum atomic E-state index is 12.3. The molecule has 0 radical (unpaired) electrons. The molecule has 2 rings (SSSR count). The van der Waals surface area contributed by atoms with Crippen LogP contribution in [0.25, 0.3) is 0 Å². The molecule has 7 heteroatoms. The van der Waals surface area contributed by atoms with Crippen molar-refractivity contribution in [3.63, 3.8) is 0 Å². The van der Waals surface area contributed by atoms with Crippen molar-refractivity contribution in [2.75, 3.05) is 0 Å². The molecule has 120 valence electrons. The van der Waals surface area contributed by atoms with E-state index in [9.17, 15) is 20.0 Å². The first-order valence-corrected chi connectivity index (χ1v) is 7.09. The predicted octanol–water partition coefficient (Wildman–Crippen LogP) is 2.82. The minimum Gasteiger partial charge on any atom is -0.502 e. The van der Waals surface area contributed by atoms with Crippen LogP contribution in [-0.4, -0.2) is 20.9 Å². The zero-order valence-corrected chi connectivity index (χ0v) is 12.8. The third-order valence-electron chi connectivity index (χ3n) is 3.39. The molecule has 0 saturated carbocycles. The van der Waals surface area contributed by atoms with E-state index >= 15 is 0 Å². The fraction of sp³-hybridized carbons (Fsp3) is 0.250. The monoisotopic (exact) mass is 315 g/mol. The standard InChI is InChI=1S/C16H17N3O4/c1-10(2)15(12-5-3-4-8-17-12)18-16(21)11-6-7-13(19(22)23)14(20)9-11/h3-10,15,20H,1-2H3,(H,18,21). The molecule has 7 nitrogen and oxygen atoms in total. The molecule has 2 N–H and O–H groups in total. The van der Waals surface area contributed by atoms with Gasteiger partial charge >= 0.3 is 5.69 Å². The summed E-state index contributed by atoms with van der Waals surface area (Å²) < 4.78 is 0. The van der Waals surface area contributed by atoms with E-state index < -0.39 is 22.3 Å². The van der Waals surface area contributed by atoms with E-state index in [0.29, 0.717) is 0 Å². The number of carbonyl (C=O) groups is 1. The number of hydrogen-bond acceptors (Lipinski definition) is 5. The summed E-state index contributed by atoms with van der Waals surface area (Å²) in [6.07, 6.45) is 1.65. The minimum absolute atomic E-state index is 0.0977. The molecule has 0 bridgehead atoms. The van der Waals surface area contributed by atoms with Gasteiger partial charge < -0.3 is 10.4 Å². The molecular formula is C16H17N3O4. The number of aromatic hydroxyl groups is 1. The van der Waals surface area contributed by atoms with Gasteiger partial charge in [0.15, 0.2) is 5.75 Å². The van der Waals surface area contributed by atoms with Crippen LogP contribution in [0.5, 0.6) is 5.75 Å². The molecule has 1 aromatic carbocycles. The second-order valence-electron chi connectivity index (χ2n) is 5.41. The lowest BCUT2D eigenvalue weighted by Crippen LogP contribution is -2.32. The van der Waals surface area contributed by atoms with E-state index in [1.54, 1.807) is 12.3 Å². The number of benzene rings is 1. The van der Waals surface area contributed by atoms with Crippen LogP contribution in [0.15, 0.2) is 42.6 Å². The Hall–Kier alpha value is -2.96. The van der Waals surface area contributed by atoms with Crippen molar-refractivity contribution in [3.8, 4) is 5.75 Å². The Labute approximate surface area is 133 Å². The SMILES string of the molecule is CC(C)C(NC(=O)c1ccc([N+](=O)[O-])c(O)c1)c1ccccn1. The van der Waals surface area contributed by atoms with E-state index in [4.69, 9.17) is 0 Å². The van der Waals surface area contributed by atoms with Crippen molar-refractivity contribution >= 4 is 11.6 Å². The summed E-state index contributed by atoms with van der Waals surface area (Å²) in [4.78, 5) is 26.6. The number of nitro benzene ring substituents is 1. The molecule has 0 spiro atoms. The van der Waals surface area contributed by atoms with Gasteiger partial charge in [-0.05, 0) is 30.2 Å². The van der Waals surface area contributed by atoms with Gasteiger partial charge in [-0.3, -0.25) is 19.9 Å². The van der Waals surface area contributed by atoms with Gasteiger partial charge in [-0.25, -0.2) is 0 Å². The maximum absolute atomic E-state index is 12.3. The van der Waals surface area contributed by atoms with E-state index in [1.165, 1.54) is 6.07 Å². The largest absolute Gasteiger partial charge is 0.502 e. The van der Waals surface area contributed by atoms with Gasteiger partial charge in [-0.15, -0.1) is 0 Å². The molecule has 0 fully saturated rings. The van der Waals surface area contributed by atoms with Crippen molar-refractivity contribution < 1.29 is 14.8 Å². The molecule has 23 heavy (non-hydrogen) atoms. The van der Waals surface area contributed by atoms with Crippen LogP contribution in [0.1, 0.15) is 35.9 Å². The highest BCUT2D eigenvalue weighted by Crippen LogP contribution is 2.27. The Morgan fingerprint density at radius 2 is 2.04 bits per heavy atom. The molecule has 1 aromatic heterocycles. The van der Waals surface area contributed by atoms with Crippen molar-refractivity contribution in [1.82, 2.24) is 10.3 Å². The number of pyridine rings is 1.